The molecule has 22 heavy (non-hydrogen) atoms. The largest absolute Gasteiger partial charge is 0.289 e. The molecule has 0 spiro atoms. The average Bonchev–Trinajstić information content (AvgIpc) is 2.51. The first-order valence-electron chi connectivity index (χ1n) is 9.14. The lowest BCUT2D eigenvalue weighted by molar-refractivity contribution is 0.311. The molecule has 0 aromatic heterocycles. The minimum Gasteiger partial charge on any atom is -0.267 e. The summed E-state index contributed by atoms with van der Waals surface area (Å²) in [5, 5.41) is 0.858. The molecule has 0 unspecified atom stereocenters. The first-order chi connectivity index (χ1) is 10.6. The molecule has 0 fully saturated rings. The van der Waals surface area contributed by atoms with Gasteiger partial charge in [0, 0.05) is 0 Å². The van der Waals surface area contributed by atoms with Gasteiger partial charge in [-0.1, -0.05) is 97.0 Å². The monoisotopic (exact) mass is 332 g/mol. The second kappa shape index (κ2) is 15.5. The molecule has 0 rings (SSSR count). The van der Waals surface area contributed by atoms with Gasteiger partial charge in [0.25, 0.3) is 10.1 Å². The van der Waals surface area contributed by atoms with Gasteiger partial charge in [-0.2, -0.15) is 8.42 Å². The van der Waals surface area contributed by atoms with Crippen molar-refractivity contribution in [1.29, 1.82) is 0 Å². The molecular formula is C18H36O3S. The normalized spacial score (nSPS) is 11.7. The van der Waals surface area contributed by atoms with Crippen molar-refractivity contribution in [3.63, 3.8) is 0 Å². The van der Waals surface area contributed by atoms with Gasteiger partial charge in [-0.05, 0) is 6.42 Å². The SMILES string of the molecule is C=CS(=O)(=O)OCCCCCCCCCCCCCCCC. The Hall–Kier alpha value is -0.350. The van der Waals surface area contributed by atoms with Gasteiger partial charge in [-0.15, -0.1) is 0 Å². The molecule has 0 bridgehead atoms. The quantitative estimate of drug-likeness (QED) is 0.244. The minimum atomic E-state index is -3.47. The number of hydrogen-bond acceptors (Lipinski definition) is 3. The number of unbranched alkanes of at least 4 members (excludes halogenated alkanes) is 13. The predicted molar refractivity (Wildman–Crippen MR) is 95.4 cm³/mol. The van der Waals surface area contributed by atoms with Gasteiger partial charge in [0.2, 0.25) is 0 Å². The van der Waals surface area contributed by atoms with Crippen molar-refractivity contribution in [2.45, 2.75) is 96.8 Å². The molecular weight excluding hydrogens is 296 g/mol. The Bertz CT molecular complexity index is 336. The van der Waals surface area contributed by atoms with Crippen molar-refractivity contribution in [3.05, 3.63) is 12.0 Å². The summed E-state index contributed by atoms with van der Waals surface area (Å²) in [5.41, 5.74) is 0. The fraction of sp³-hybridized carbons (Fsp3) is 0.889. The number of rotatable bonds is 17. The topological polar surface area (TPSA) is 43.4 Å². The van der Waals surface area contributed by atoms with Crippen molar-refractivity contribution in [2.24, 2.45) is 0 Å². The Kier molecular flexibility index (Phi) is 15.3. The van der Waals surface area contributed by atoms with E-state index < -0.39 is 10.1 Å². The van der Waals surface area contributed by atoms with Crippen LogP contribution in [0.4, 0.5) is 0 Å². The molecule has 0 aliphatic carbocycles. The first-order valence-corrected chi connectivity index (χ1v) is 10.6. The van der Waals surface area contributed by atoms with E-state index >= 15 is 0 Å². The molecule has 0 saturated carbocycles. The Morgan fingerprint density at radius 3 is 1.45 bits per heavy atom. The summed E-state index contributed by atoms with van der Waals surface area (Å²) in [5.74, 6) is 0. The second-order valence-electron chi connectivity index (χ2n) is 6.08. The lowest BCUT2D eigenvalue weighted by Crippen LogP contribution is -2.02. The van der Waals surface area contributed by atoms with E-state index in [2.05, 4.69) is 13.5 Å². The van der Waals surface area contributed by atoms with Gasteiger partial charge in [0.05, 0.1) is 12.0 Å². The standard InChI is InChI=1S/C18H36O3S/c1-3-5-6-7-8-9-10-11-12-13-14-15-16-17-18-21-22(19,20)4-2/h4H,2-3,5-18H2,1H3. The van der Waals surface area contributed by atoms with Crippen LogP contribution in [0.3, 0.4) is 0 Å². The van der Waals surface area contributed by atoms with Crippen molar-refractivity contribution in [2.75, 3.05) is 6.61 Å². The zero-order valence-corrected chi connectivity index (χ0v) is 15.3. The third kappa shape index (κ3) is 16.0. The van der Waals surface area contributed by atoms with Crippen LogP contribution in [-0.4, -0.2) is 15.0 Å². The highest BCUT2D eigenvalue weighted by molar-refractivity contribution is 7.89. The Morgan fingerprint density at radius 2 is 1.09 bits per heavy atom. The molecule has 0 atom stereocenters. The molecule has 0 aliphatic heterocycles. The molecule has 132 valence electrons. The molecule has 0 aromatic carbocycles. The zero-order valence-electron chi connectivity index (χ0n) is 14.5. The summed E-state index contributed by atoms with van der Waals surface area (Å²) in [6.45, 7) is 5.75. The first kappa shape index (κ1) is 21.6. The summed E-state index contributed by atoms with van der Waals surface area (Å²) in [6, 6.07) is 0. The summed E-state index contributed by atoms with van der Waals surface area (Å²) in [7, 11) is -3.47. The van der Waals surface area contributed by atoms with Crippen LogP contribution in [0.2, 0.25) is 0 Å². The van der Waals surface area contributed by atoms with Gasteiger partial charge in [-0.25, -0.2) is 0 Å². The average molecular weight is 333 g/mol. The third-order valence-electron chi connectivity index (χ3n) is 3.95. The van der Waals surface area contributed by atoms with E-state index in [4.69, 9.17) is 4.18 Å². The van der Waals surface area contributed by atoms with Crippen LogP contribution < -0.4 is 0 Å². The highest BCUT2D eigenvalue weighted by atomic mass is 32.2. The van der Waals surface area contributed by atoms with Crippen LogP contribution in [0.5, 0.6) is 0 Å². The van der Waals surface area contributed by atoms with Crippen LogP contribution in [0.25, 0.3) is 0 Å². The highest BCUT2D eigenvalue weighted by Gasteiger charge is 2.03. The Morgan fingerprint density at radius 1 is 0.727 bits per heavy atom. The van der Waals surface area contributed by atoms with E-state index in [0.29, 0.717) is 0 Å². The molecule has 3 nitrogen and oxygen atoms in total. The molecule has 4 heteroatoms. The summed E-state index contributed by atoms with van der Waals surface area (Å²) in [4.78, 5) is 0. The van der Waals surface area contributed by atoms with Crippen molar-refractivity contribution in [3.8, 4) is 0 Å². The maximum atomic E-state index is 11.0. The van der Waals surface area contributed by atoms with E-state index in [-0.39, 0.29) is 6.61 Å². The fourth-order valence-electron chi connectivity index (χ4n) is 2.52. The van der Waals surface area contributed by atoms with E-state index in [1.54, 1.807) is 0 Å². The van der Waals surface area contributed by atoms with E-state index in [0.717, 1.165) is 18.2 Å². The molecule has 0 radical (unpaired) electrons. The molecule has 0 amide bonds. The predicted octanol–water partition coefficient (Wildman–Crippen LogP) is 5.96. The number of hydrogen-bond donors (Lipinski definition) is 0. The van der Waals surface area contributed by atoms with Gasteiger partial charge >= 0.3 is 0 Å². The fourth-order valence-corrected chi connectivity index (χ4v) is 2.97. The Balaban J connectivity index is 3.10. The third-order valence-corrected chi connectivity index (χ3v) is 4.85. The van der Waals surface area contributed by atoms with Crippen LogP contribution in [0, 0.1) is 0 Å². The van der Waals surface area contributed by atoms with Crippen molar-refractivity contribution in [1.82, 2.24) is 0 Å². The highest BCUT2D eigenvalue weighted by Crippen LogP contribution is 2.13. The molecule has 0 heterocycles. The maximum absolute atomic E-state index is 11.0. The summed E-state index contributed by atoms with van der Waals surface area (Å²) >= 11 is 0. The van der Waals surface area contributed by atoms with Crippen LogP contribution in [-0.2, 0) is 14.3 Å². The summed E-state index contributed by atoms with van der Waals surface area (Å²) < 4.78 is 26.7. The maximum Gasteiger partial charge on any atom is 0.289 e. The second-order valence-corrected chi connectivity index (χ2v) is 7.63. The summed E-state index contributed by atoms with van der Waals surface area (Å²) in [6.07, 6.45) is 18.1. The van der Waals surface area contributed by atoms with Crippen molar-refractivity contribution < 1.29 is 12.6 Å². The lowest BCUT2D eigenvalue weighted by Gasteiger charge is -2.03. The lowest BCUT2D eigenvalue weighted by atomic mass is 10.0. The Labute approximate surface area is 138 Å². The van der Waals surface area contributed by atoms with Crippen molar-refractivity contribution >= 4 is 10.1 Å². The van der Waals surface area contributed by atoms with Gasteiger partial charge in [0.15, 0.2) is 0 Å². The molecule has 0 aromatic rings. The zero-order chi connectivity index (χ0) is 16.5. The molecule has 0 N–H and O–H groups in total. The van der Waals surface area contributed by atoms with E-state index in [9.17, 15) is 8.42 Å². The van der Waals surface area contributed by atoms with Gasteiger partial charge in [-0.3, -0.25) is 4.18 Å². The molecule has 0 saturated heterocycles. The van der Waals surface area contributed by atoms with Gasteiger partial charge < -0.3 is 0 Å². The van der Waals surface area contributed by atoms with Crippen LogP contribution in [0.1, 0.15) is 96.8 Å². The van der Waals surface area contributed by atoms with E-state index in [1.165, 1.54) is 77.0 Å². The molecule has 0 aliphatic rings. The van der Waals surface area contributed by atoms with Crippen LogP contribution in [0.15, 0.2) is 12.0 Å². The van der Waals surface area contributed by atoms with Gasteiger partial charge in [0.1, 0.15) is 0 Å². The van der Waals surface area contributed by atoms with Crippen LogP contribution >= 0.6 is 0 Å². The smallest absolute Gasteiger partial charge is 0.267 e. The van der Waals surface area contributed by atoms with E-state index in [1.807, 2.05) is 0 Å². The minimum absolute atomic E-state index is 0.284.